The summed E-state index contributed by atoms with van der Waals surface area (Å²) >= 11 is 0. The zero-order valence-electron chi connectivity index (χ0n) is 21.5. The third kappa shape index (κ3) is 3.90. The number of halogens is 1. The Bertz CT molecular complexity index is 1550. The quantitative estimate of drug-likeness (QED) is 0.313. The van der Waals surface area contributed by atoms with Crippen molar-refractivity contribution < 1.29 is 23.5 Å². The van der Waals surface area contributed by atoms with Crippen molar-refractivity contribution in [2.24, 2.45) is 0 Å². The predicted molar refractivity (Wildman–Crippen MR) is 141 cm³/mol. The minimum atomic E-state index is -1.65. The topological polar surface area (TPSA) is 74.1 Å². The molecule has 0 amide bonds. The second kappa shape index (κ2) is 9.89. The summed E-state index contributed by atoms with van der Waals surface area (Å²) in [5.74, 6) is -2.05. The highest BCUT2D eigenvalue weighted by Gasteiger charge is 2.48. The van der Waals surface area contributed by atoms with Crippen LogP contribution in [0, 0.1) is 12.7 Å². The molecule has 0 bridgehead atoms. The molecule has 38 heavy (non-hydrogen) atoms. The summed E-state index contributed by atoms with van der Waals surface area (Å²) < 4.78 is 28.1. The van der Waals surface area contributed by atoms with Crippen molar-refractivity contribution in [3.8, 4) is 0 Å². The highest BCUT2D eigenvalue weighted by atomic mass is 19.1. The lowest BCUT2D eigenvalue weighted by atomic mass is 9.68. The summed E-state index contributed by atoms with van der Waals surface area (Å²) in [5, 5.41) is 0. The summed E-state index contributed by atoms with van der Waals surface area (Å²) in [7, 11) is 1.28. The molecule has 1 aliphatic carbocycles. The number of hydrogen-bond donors (Lipinski definition) is 0. The molecule has 2 aromatic heterocycles. The van der Waals surface area contributed by atoms with Gasteiger partial charge >= 0.3 is 11.9 Å². The van der Waals surface area contributed by atoms with Gasteiger partial charge in [-0.05, 0) is 60.9 Å². The summed E-state index contributed by atoms with van der Waals surface area (Å²) in [4.78, 5) is 39.9. The zero-order valence-corrected chi connectivity index (χ0v) is 21.5. The number of hydrogen-bond acceptors (Lipinski definition) is 5. The molecule has 5 rings (SSSR count). The highest BCUT2D eigenvalue weighted by Crippen LogP contribution is 2.47. The second-order valence-electron chi connectivity index (χ2n) is 9.48. The Morgan fingerprint density at radius 3 is 2.11 bits per heavy atom. The van der Waals surface area contributed by atoms with E-state index in [1.54, 1.807) is 68.4 Å². The number of carbonyl (C=O) groups excluding carboxylic acids is 2. The molecule has 2 heterocycles. The molecule has 1 saturated carbocycles. The van der Waals surface area contributed by atoms with Gasteiger partial charge in [0, 0.05) is 11.8 Å². The number of carbonyl (C=O) groups is 2. The van der Waals surface area contributed by atoms with Crippen LogP contribution in [0.4, 0.5) is 4.39 Å². The molecule has 0 atom stereocenters. The van der Waals surface area contributed by atoms with Crippen molar-refractivity contribution in [2.75, 3.05) is 13.7 Å². The van der Waals surface area contributed by atoms with E-state index in [4.69, 9.17) is 9.47 Å². The smallest absolute Gasteiger partial charge is 0.343 e. The van der Waals surface area contributed by atoms with Crippen molar-refractivity contribution >= 4 is 17.5 Å². The van der Waals surface area contributed by atoms with Gasteiger partial charge in [-0.2, -0.15) is 0 Å². The van der Waals surface area contributed by atoms with E-state index in [1.807, 2.05) is 12.1 Å². The maximum Gasteiger partial charge on any atom is 0.343 e. The van der Waals surface area contributed by atoms with Crippen molar-refractivity contribution in [3.63, 3.8) is 0 Å². The molecule has 0 radical (unpaired) electrons. The van der Waals surface area contributed by atoms with Gasteiger partial charge in [0.2, 0.25) is 0 Å². The van der Waals surface area contributed by atoms with Gasteiger partial charge in [0.1, 0.15) is 16.8 Å². The molecule has 0 N–H and O–H groups in total. The summed E-state index contributed by atoms with van der Waals surface area (Å²) in [6.45, 7) is 3.49. The lowest BCUT2D eigenvalue weighted by Crippen LogP contribution is -2.41. The Morgan fingerprint density at radius 2 is 1.61 bits per heavy atom. The second-order valence-corrected chi connectivity index (χ2v) is 9.48. The summed E-state index contributed by atoms with van der Waals surface area (Å²) in [5.41, 5.74) is 0.385. The molecule has 0 aliphatic heterocycles. The van der Waals surface area contributed by atoms with Crippen LogP contribution >= 0.6 is 0 Å². The van der Waals surface area contributed by atoms with Crippen LogP contribution in [0.5, 0.6) is 0 Å². The van der Waals surface area contributed by atoms with Gasteiger partial charge in [0.15, 0.2) is 0 Å². The fraction of sp³-hybridized carbons (Fsp3) is 0.258. The van der Waals surface area contributed by atoms with E-state index in [9.17, 15) is 14.4 Å². The Kier molecular flexibility index (Phi) is 6.61. The summed E-state index contributed by atoms with van der Waals surface area (Å²) in [6.07, 6.45) is 2.84. The fourth-order valence-electron chi connectivity index (χ4n) is 5.50. The van der Waals surface area contributed by atoms with E-state index >= 15 is 4.39 Å². The largest absolute Gasteiger partial charge is 0.468 e. The average Bonchev–Trinajstić information content (AvgIpc) is 3.78. The third-order valence-corrected chi connectivity index (χ3v) is 7.27. The van der Waals surface area contributed by atoms with E-state index in [2.05, 4.69) is 0 Å². The number of aromatic nitrogens is 1. The molecule has 0 saturated heterocycles. The normalized spacial score (nSPS) is 13.4. The third-order valence-electron chi connectivity index (χ3n) is 7.27. The molecule has 0 unspecified atom stereocenters. The van der Waals surface area contributed by atoms with Crippen LogP contribution in [0.2, 0.25) is 0 Å². The number of ether oxygens (including phenoxy) is 2. The van der Waals surface area contributed by atoms with E-state index in [1.165, 1.54) is 11.5 Å². The molecule has 2 aromatic carbocycles. The Hall–Kier alpha value is -4.26. The lowest BCUT2D eigenvalue weighted by Gasteiger charge is -2.35. The van der Waals surface area contributed by atoms with Crippen LogP contribution < -0.4 is 5.56 Å². The van der Waals surface area contributed by atoms with Crippen molar-refractivity contribution in [3.05, 3.63) is 122 Å². The maximum absolute atomic E-state index is 16.5. The number of aryl methyl sites for hydroxylation is 1. The SMILES string of the molecule is CCOC(=O)c1cc(C2CC2)c2c(C)c(C(C(=O)OC)(c3ccccc3)c3ccccc3)c(F)cn2c1=O. The van der Waals surface area contributed by atoms with E-state index in [-0.39, 0.29) is 23.7 Å². The molecule has 1 aliphatic rings. The van der Waals surface area contributed by atoms with Crippen LogP contribution in [0.25, 0.3) is 5.52 Å². The number of benzene rings is 2. The van der Waals surface area contributed by atoms with Crippen LogP contribution in [0.3, 0.4) is 0 Å². The van der Waals surface area contributed by atoms with Crippen molar-refractivity contribution in [2.45, 2.75) is 38.0 Å². The molecular formula is C31H28FNO5. The highest BCUT2D eigenvalue weighted by molar-refractivity contribution is 5.94. The Labute approximate surface area is 219 Å². The minimum absolute atomic E-state index is 0.104. The first kappa shape index (κ1) is 25.4. The Balaban J connectivity index is 1.94. The molecule has 0 spiro atoms. The minimum Gasteiger partial charge on any atom is -0.468 e. The number of fused-ring (bicyclic) bond motifs is 1. The van der Waals surface area contributed by atoms with Crippen LogP contribution in [0.1, 0.15) is 63.9 Å². The monoisotopic (exact) mass is 513 g/mol. The Morgan fingerprint density at radius 1 is 1.03 bits per heavy atom. The van der Waals surface area contributed by atoms with Gasteiger partial charge in [-0.25, -0.2) is 9.18 Å². The first-order chi connectivity index (χ1) is 18.4. The van der Waals surface area contributed by atoms with Gasteiger partial charge in [0.05, 0.1) is 19.2 Å². The lowest BCUT2D eigenvalue weighted by molar-refractivity contribution is -0.144. The zero-order chi connectivity index (χ0) is 27.0. The van der Waals surface area contributed by atoms with Gasteiger partial charge in [-0.15, -0.1) is 0 Å². The molecule has 4 aromatic rings. The number of rotatable bonds is 7. The number of esters is 2. The number of pyridine rings is 2. The molecule has 6 nitrogen and oxygen atoms in total. The molecule has 194 valence electrons. The number of methoxy groups -OCH3 is 1. The maximum atomic E-state index is 16.5. The molecule has 7 heteroatoms. The fourth-order valence-corrected chi connectivity index (χ4v) is 5.50. The standard InChI is InChI=1S/C31H28FNO5/c1-4-38-29(35)24-17-23(20-15-16-20)27-19(2)26(25(32)18-33(27)28(24)34)31(30(36)37-3,21-11-7-5-8-12-21)22-13-9-6-10-14-22/h5-14,17-18,20H,4,15-16H2,1-3H3. The van der Waals surface area contributed by atoms with Gasteiger partial charge in [-0.1, -0.05) is 60.7 Å². The number of nitrogens with zero attached hydrogens (tertiary/aromatic N) is 1. The molecular weight excluding hydrogens is 485 g/mol. The first-order valence-electron chi connectivity index (χ1n) is 12.6. The molecule has 1 fully saturated rings. The van der Waals surface area contributed by atoms with Gasteiger partial charge in [0.25, 0.3) is 5.56 Å². The van der Waals surface area contributed by atoms with E-state index < -0.39 is 28.7 Å². The van der Waals surface area contributed by atoms with Gasteiger partial charge < -0.3 is 9.47 Å². The van der Waals surface area contributed by atoms with Crippen LogP contribution in [-0.2, 0) is 19.7 Å². The predicted octanol–water partition coefficient (Wildman–Crippen LogP) is 5.31. The van der Waals surface area contributed by atoms with Crippen LogP contribution in [-0.4, -0.2) is 30.1 Å². The average molecular weight is 514 g/mol. The van der Waals surface area contributed by atoms with Crippen LogP contribution in [0.15, 0.2) is 77.7 Å². The van der Waals surface area contributed by atoms with E-state index in [0.29, 0.717) is 22.2 Å². The van der Waals surface area contributed by atoms with E-state index in [0.717, 1.165) is 24.6 Å². The van der Waals surface area contributed by atoms with Crippen molar-refractivity contribution in [1.82, 2.24) is 4.40 Å². The summed E-state index contributed by atoms with van der Waals surface area (Å²) in [6, 6.07) is 19.4. The van der Waals surface area contributed by atoms with Gasteiger partial charge in [-0.3, -0.25) is 14.0 Å². The van der Waals surface area contributed by atoms with Crippen molar-refractivity contribution in [1.29, 1.82) is 0 Å². The first-order valence-corrected chi connectivity index (χ1v) is 12.6.